The molecule has 0 unspecified atom stereocenters. The Hall–Kier alpha value is -1.21. The largest absolute Gasteiger partial charge is 0.309 e. The minimum Gasteiger partial charge on any atom is -0.309 e. The molecule has 0 aliphatic carbocycles. The van der Waals surface area contributed by atoms with Gasteiger partial charge in [0.05, 0.1) is 5.75 Å². The third-order valence-corrected chi connectivity index (χ3v) is 5.11. The van der Waals surface area contributed by atoms with E-state index in [0.29, 0.717) is 6.54 Å². The van der Waals surface area contributed by atoms with Crippen molar-refractivity contribution < 1.29 is 8.42 Å². The highest BCUT2D eigenvalue weighted by Gasteiger charge is 2.11. The van der Waals surface area contributed by atoms with Gasteiger partial charge in [-0.25, -0.2) is 13.1 Å². The topological polar surface area (TPSA) is 58.2 Å². The summed E-state index contributed by atoms with van der Waals surface area (Å²) in [5.41, 5.74) is 2.99. The summed E-state index contributed by atoms with van der Waals surface area (Å²) in [6.45, 7) is 1.36. The van der Waals surface area contributed by atoms with E-state index < -0.39 is 10.0 Å². The van der Waals surface area contributed by atoms with Crippen LogP contribution in [-0.4, -0.2) is 15.5 Å². The molecule has 0 saturated heterocycles. The van der Waals surface area contributed by atoms with E-state index in [9.17, 15) is 8.42 Å². The molecule has 6 heteroatoms. The van der Waals surface area contributed by atoms with Gasteiger partial charge in [0.25, 0.3) is 0 Å². The fourth-order valence-corrected chi connectivity index (χ4v) is 3.42. The van der Waals surface area contributed by atoms with Gasteiger partial charge in [-0.15, -0.1) is 0 Å². The number of sulfonamides is 1. The lowest BCUT2D eigenvalue weighted by atomic mass is 10.1. The number of rotatable bonds is 7. The van der Waals surface area contributed by atoms with Gasteiger partial charge in [0, 0.05) is 17.6 Å². The maximum Gasteiger partial charge on any atom is 0.215 e. The highest BCUT2D eigenvalue weighted by atomic mass is 79.9. The van der Waals surface area contributed by atoms with E-state index in [1.165, 1.54) is 12.6 Å². The highest BCUT2D eigenvalue weighted by Crippen LogP contribution is 2.14. The highest BCUT2D eigenvalue weighted by molar-refractivity contribution is 9.10. The Bertz CT molecular complexity index is 732. The van der Waals surface area contributed by atoms with E-state index >= 15 is 0 Å². The van der Waals surface area contributed by atoms with Gasteiger partial charge in [0.15, 0.2) is 0 Å². The van der Waals surface area contributed by atoms with Crippen molar-refractivity contribution >= 4 is 26.0 Å². The van der Waals surface area contributed by atoms with E-state index in [1.807, 2.05) is 36.4 Å². The molecule has 2 N–H and O–H groups in total. The van der Waals surface area contributed by atoms with Crippen molar-refractivity contribution in [1.29, 1.82) is 0 Å². The number of benzene rings is 2. The molecule has 0 aromatic heterocycles. The first kappa shape index (κ1) is 17.1. The van der Waals surface area contributed by atoms with E-state index in [0.717, 1.165) is 22.1 Å². The summed E-state index contributed by atoms with van der Waals surface area (Å²) in [4.78, 5) is 0. The zero-order valence-electron chi connectivity index (χ0n) is 12.3. The first-order chi connectivity index (χ1) is 10.5. The fraction of sp³-hybridized carbons (Fsp3) is 0.250. The molecular formula is C16H19BrN2O2S. The minimum absolute atomic E-state index is 0.00175. The number of hydrogen-bond donors (Lipinski definition) is 2. The van der Waals surface area contributed by atoms with Crippen LogP contribution in [-0.2, 0) is 28.9 Å². The molecule has 0 bridgehead atoms. The van der Waals surface area contributed by atoms with Crippen molar-refractivity contribution in [3.05, 3.63) is 69.7 Å². The van der Waals surface area contributed by atoms with Gasteiger partial charge in [-0.3, -0.25) is 0 Å². The van der Waals surface area contributed by atoms with Crippen LogP contribution in [0.15, 0.2) is 53.0 Å². The standard InChI is InChI=1S/C16H19BrN2O2S/c1-18-22(20,21)12-15-7-3-2-6-14(15)11-19-10-13-5-4-8-16(17)9-13/h2-9,18-19H,10-12H2,1H3. The average Bonchev–Trinajstić information content (AvgIpc) is 2.49. The lowest BCUT2D eigenvalue weighted by Gasteiger charge is -2.11. The van der Waals surface area contributed by atoms with Crippen molar-refractivity contribution in [2.45, 2.75) is 18.8 Å². The summed E-state index contributed by atoms with van der Waals surface area (Å²) in [7, 11) is -1.83. The third kappa shape index (κ3) is 5.21. The molecular weight excluding hydrogens is 364 g/mol. The van der Waals surface area contributed by atoms with Crippen LogP contribution in [0.5, 0.6) is 0 Å². The molecule has 4 nitrogen and oxygen atoms in total. The Morgan fingerprint density at radius 2 is 1.73 bits per heavy atom. The second kappa shape index (κ2) is 7.87. The Kier molecular flexibility index (Phi) is 6.14. The van der Waals surface area contributed by atoms with Crippen LogP contribution in [0.25, 0.3) is 0 Å². The van der Waals surface area contributed by atoms with Crippen molar-refractivity contribution in [1.82, 2.24) is 10.0 Å². The first-order valence-corrected chi connectivity index (χ1v) is 9.38. The average molecular weight is 383 g/mol. The summed E-state index contributed by atoms with van der Waals surface area (Å²) in [5.74, 6) is -0.00175. The Morgan fingerprint density at radius 1 is 1.00 bits per heavy atom. The van der Waals surface area contributed by atoms with Gasteiger partial charge in [0.1, 0.15) is 0 Å². The van der Waals surface area contributed by atoms with Gasteiger partial charge in [-0.2, -0.15) is 0 Å². The molecule has 0 saturated carbocycles. The van der Waals surface area contributed by atoms with Gasteiger partial charge in [-0.1, -0.05) is 52.3 Å². The molecule has 0 aliphatic heterocycles. The van der Waals surface area contributed by atoms with Crippen LogP contribution >= 0.6 is 15.9 Å². The number of nitrogens with one attached hydrogen (secondary N) is 2. The molecule has 0 atom stereocenters. The minimum atomic E-state index is -3.26. The summed E-state index contributed by atoms with van der Waals surface area (Å²) in [6, 6.07) is 15.7. The predicted molar refractivity (Wildman–Crippen MR) is 92.8 cm³/mol. The van der Waals surface area contributed by atoms with Crippen molar-refractivity contribution in [3.8, 4) is 0 Å². The monoisotopic (exact) mass is 382 g/mol. The molecule has 22 heavy (non-hydrogen) atoms. The SMILES string of the molecule is CNS(=O)(=O)Cc1ccccc1CNCc1cccc(Br)c1. The summed E-state index contributed by atoms with van der Waals surface area (Å²) >= 11 is 3.45. The molecule has 2 aromatic rings. The second-order valence-corrected chi connectivity index (χ2v) is 7.81. The van der Waals surface area contributed by atoms with Crippen LogP contribution in [0.3, 0.4) is 0 Å². The lowest BCUT2D eigenvalue weighted by Crippen LogP contribution is -2.22. The van der Waals surface area contributed by atoms with E-state index in [1.54, 1.807) is 0 Å². The molecule has 118 valence electrons. The lowest BCUT2D eigenvalue weighted by molar-refractivity contribution is 0.587. The van der Waals surface area contributed by atoms with Crippen molar-refractivity contribution in [3.63, 3.8) is 0 Å². The molecule has 0 amide bonds. The Labute approximate surface area is 140 Å². The maximum absolute atomic E-state index is 11.7. The van der Waals surface area contributed by atoms with E-state index in [2.05, 4.69) is 38.1 Å². The normalized spacial score (nSPS) is 11.5. The second-order valence-electron chi connectivity index (χ2n) is 4.97. The first-order valence-electron chi connectivity index (χ1n) is 6.93. The zero-order valence-corrected chi connectivity index (χ0v) is 14.7. The summed E-state index contributed by atoms with van der Waals surface area (Å²) in [5, 5.41) is 3.35. The number of hydrogen-bond acceptors (Lipinski definition) is 3. The molecule has 0 aliphatic rings. The van der Waals surface area contributed by atoms with Crippen LogP contribution in [0.4, 0.5) is 0 Å². The zero-order chi connectivity index (χ0) is 16.0. The number of halogens is 1. The van der Waals surface area contributed by atoms with Crippen LogP contribution in [0.1, 0.15) is 16.7 Å². The summed E-state index contributed by atoms with van der Waals surface area (Å²) < 4.78 is 26.8. The van der Waals surface area contributed by atoms with Gasteiger partial charge in [0.2, 0.25) is 10.0 Å². The van der Waals surface area contributed by atoms with E-state index in [-0.39, 0.29) is 5.75 Å². The molecule has 0 spiro atoms. The van der Waals surface area contributed by atoms with Crippen LogP contribution < -0.4 is 10.0 Å². The molecule has 2 rings (SSSR count). The summed E-state index contributed by atoms with van der Waals surface area (Å²) in [6.07, 6.45) is 0. The smallest absolute Gasteiger partial charge is 0.215 e. The van der Waals surface area contributed by atoms with Crippen molar-refractivity contribution in [2.24, 2.45) is 0 Å². The quantitative estimate of drug-likeness (QED) is 0.773. The molecule has 0 heterocycles. The van der Waals surface area contributed by atoms with Crippen LogP contribution in [0.2, 0.25) is 0 Å². The van der Waals surface area contributed by atoms with Gasteiger partial charge in [-0.05, 0) is 35.9 Å². The molecule has 0 radical (unpaired) electrons. The predicted octanol–water partition coefficient (Wildman–Crippen LogP) is 2.79. The Balaban J connectivity index is 2.01. The molecule has 2 aromatic carbocycles. The van der Waals surface area contributed by atoms with Gasteiger partial charge >= 0.3 is 0 Å². The molecule has 0 fully saturated rings. The third-order valence-electron chi connectivity index (χ3n) is 3.31. The maximum atomic E-state index is 11.7. The van der Waals surface area contributed by atoms with Crippen molar-refractivity contribution in [2.75, 3.05) is 7.05 Å². The van der Waals surface area contributed by atoms with Gasteiger partial charge < -0.3 is 5.32 Å². The van der Waals surface area contributed by atoms with Crippen LogP contribution in [0, 0.1) is 0 Å². The Morgan fingerprint density at radius 3 is 2.41 bits per heavy atom. The fourth-order valence-electron chi connectivity index (χ4n) is 2.14. The van der Waals surface area contributed by atoms with E-state index in [4.69, 9.17) is 0 Å².